The van der Waals surface area contributed by atoms with Crippen LogP contribution in [0.2, 0.25) is 0 Å². The van der Waals surface area contributed by atoms with Gasteiger partial charge in [-0.25, -0.2) is 4.98 Å². The molecular weight excluding hydrogens is 184 g/mol. The van der Waals surface area contributed by atoms with Crippen molar-refractivity contribution in [3.63, 3.8) is 0 Å². The molecule has 1 aromatic rings. The van der Waals surface area contributed by atoms with Crippen LogP contribution in [0, 0.1) is 0 Å². The van der Waals surface area contributed by atoms with E-state index in [-0.39, 0.29) is 13.2 Å². The van der Waals surface area contributed by atoms with Gasteiger partial charge in [0, 0.05) is 6.54 Å². The number of nitrogens with zero attached hydrogens (tertiary/aromatic N) is 2. The van der Waals surface area contributed by atoms with Gasteiger partial charge in [-0.15, -0.1) is 0 Å². The van der Waals surface area contributed by atoms with Gasteiger partial charge in [-0.3, -0.25) is 4.98 Å². The molecule has 1 atom stereocenters. The largest absolute Gasteiger partial charge is 0.393 e. The fourth-order valence-electron chi connectivity index (χ4n) is 0.803. The lowest BCUT2D eigenvalue weighted by Crippen LogP contribution is -2.37. The summed E-state index contributed by atoms with van der Waals surface area (Å²) in [7, 11) is 0. The summed E-state index contributed by atoms with van der Waals surface area (Å²) in [5, 5.41) is 21.1. The van der Waals surface area contributed by atoms with Crippen LogP contribution in [0.15, 0.2) is 12.4 Å². The summed E-state index contributed by atoms with van der Waals surface area (Å²) in [4.78, 5) is 7.74. The van der Waals surface area contributed by atoms with Crippen molar-refractivity contribution in [2.45, 2.75) is 12.5 Å². The SMILES string of the molecule is CC(O)(CO)CNc1cncc(N)n1. The third kappa shape index (κ3) is 3.15. The highest BCUT2D eigenvalue weighted by molar-refractivity contribution is 5.38. The predicted octanol–water partition coefficient (Wildman–Crippen LogP) is -0.786. The van der Waals surface area contributed by atoms with E-state index in [1.807, 2.05) is 0 Å². The summed E-state index contributed by atoms with van der Waals surface area (Å²) in [6.45, 7) is 1.37. The molecule has 1 aromatic heterocycles. The maximum Gasteiger partial charge on any atom is 0.147 e. The Morgan fingerprint density at radius 1 is 1.57 bits per heavy atom. The second-order valence-corrected chi connectivity index (χ2v) is 3.34. The second-order valence-electron chi connectivity index (χ2n) is 3.34. The highest BCUT2D eigenvalue weighted by Crippen LogP contribution is 2.06. The van der Waals surface area contributed by atoms with Crippen LogP contribution >= 0.6 is 0 Å². The zero-order chi connectivity index (χ0) is 10.6. The standard InChI is InChI=1S/C8H14N4O2/c1-8(14,5-13)4-11-7-3-10-2-6(9)12-7/h2-3,13-14H,4-5H2,1H3,(H3,9,11,12). The maximum absolute atomic E-state index is 9.46. The quantitative estimate of drug-likeness (QED) is 0.505. The number of nitrogens with two attached hydrogens (primary N) is 1. The smallest absolute Gasteiger partial charge is 0.147 e. The van der Waals surface area contributed by atoms with Crippen LogP contribution in [-0.2, 0) is 0 Å². The number of aliphatic hydroxyl groups is 2. The Morgan fingerprint density at radius 3 is 2.86 bits per heavy atom. The highest BCUT2D eigenvalue weighted by Gasteiger charge is 2.18. The number of rotatable bonds is 4. The highest BCUT2D eigenvalue weighted by atomic mass is 16.3. The summed E-state index contributed by atoms with van der Waals surface area (Å²) in [6, 6.07) is 0. The number of nitrogen functional groups attached to an aromatic ring is 1. The second kappa shape index (κ2) is 4.21. The number of nitrogens with one attached hydrogen (secondary N) is 1. The topological polar surface area (TPSA) is 104 Å². The van der Waals surface area contributed by atoms with E-state index in [4.69, 9.17) is 10.8 Å². The van der Waals surface area contributed by atoms with E-state index in [0.29, 0.717) is 11.6 Å². The first-order valence-electron chi connectivity index (χ1n) is 4.18. The average molecular weight is 198 g/mol. The molecule has 6 nitrogen and oxygen atoms in total. The summed E-state index contributed by atoms with van der Waals surface area (Å²) in [5.74, 6) is 0.775. The predicted molar refractivity (Wildman–Crippen MR) is 52.6 cm³/mol. The van der Waals surface area contributed by atoms with Gasteiger partial charge >= 0.3 is 0 Å². The molecule has 0 saturated carbocycles. The zero-order valence-electron chi connectivity index (χ0n) is 7.94. The molecule has 1 rings (SSSR count). The lowest BCUT2D eigenvalue weighted by molar-refractivity contribution is 0.0131. The van der Waals surface area contributed by atoms with Crippen molar-refractivity contribution in [1.29, 1.82) is 0 Å². The molecule has 0 aliphatic carbocycles. The van der Waals surface area contributed by atoms with Crippen LogP contribution < -0.4 is 11.1 Å². The molecule has 0 radical (unpaired) electrons. The monoisotopic (exact) mass is 198 g/mol. The van der Waals surface area contributed by atoms with Crippen molar-refractivity contribution in [3.8, 4) is 0 Å². The van der Waals surface area contributed by atoms with Gasteiger partial charge in [-0.2, -0.15) is 0 Å². The lowest BCUT2D eigenvalue weighted by Gasteiger charge is -2.20. The fraction of sp³-hybridized carbons (Fsp3) is 0.500. The molecule has 5 N–H and O–H groups in total. The van der Waals surface area contributed by atoms with E-state index in [0.717, 1.165) is 0 Å². The van der Waals surface area contributed by atoms with Crippen molar-refractivity contribution in [3.05, 3.63) is 12.4 Å². The molecule has 1 unspecified atom stereocenters. The Balaban J connectivity index is 2.54. The van der Waals surface area contributed by atoms with Crippen molar-refractivity contribution in [2.24, 2.45) is 0 Å². The van der Waals surface area contributed by atoms with Gasteiger partial charge in [0.25, 0.3) is 0 Å². The molecule has 6 heteroatoms. The molecule has 0 amide bonds. The van der Waals surface area contributed by atoms with E-state index in [1.165, 1.54) is 19.3 Å². The van der Waals surface area contributed by atoms with E-state index in [2.05, 4.69) is 15.3 Å². The average Bonchev–Trinajstić information content (AvgIpc) is 2.15. The Bertz CT molecular complexity index is 303. The first-order valence-corrected chi connectivity index (χ1v) is 4.18. The number of hydrogen-bond donors (Lipinski definition) is 4. The summed E-state index contributed by atoms with van der Waals surface area (Å²) in [6.07, 6.45) is 2.92. The molecule has 0 saturated heterocycles. The van der Waals surface area contributed by atoms with Crippen molar-refractivity contribution in [2.75, 3.05) is 24.2 Å². The van der Waals surface area contributed by atoms with Crippen LogP contribution in [0.5, 0.6) is 0 Å². The van der Waals surface area contributed by atoms with Crippen LogP contribution in [0.3, 0.4) is 0 Å². The summed E-state index contributed by atoms with van der Waals surface area (Å²) < 4.78 is 0. The number of aromatic nitrogens is 2. The van der Waals surface area contributed by atoms with Crippen LogP contribution in [0.4, 0.5) is 11.6 Å². The maximum atomic E-state index is 9.46. The van der Waals surface area contributed by atoms with Gasteiger partial charge in [-0.05, 0) is 6.92 Å². The van der Waals surface area contributed by atoms with Crippen LogP contribution in [0.1, 0.15) is 6.92 Å². The van der Waals surface area contributed by atoms with Gasteiger partial charge in [0.15, 0.2) is 0 Å². The van der Waals surface area contributed by atoms with Gasteiger partial charge in [-0.1, -0.05) is 0 Å². The molecule has 0 aliphatic rings. The van der Waals surface area contributed by atoms with E-state index < -0.39 is 5.60 Å². The van der Waals surface area contributed by atoms with Gasteiger partial charge in [0.2, 0.25) is 0 Å². The molecule has 78 valence electrons. The number of aliphatic hydroxyl groups excluding tert-OH is 1. The van der Waals surface area contributed by atoms with Gasteiger partial charge < -0.3 is 21.3 Å². The Labute approximate surface area is 81.8 Å². The number of hydrogen-bond acceptors (Lipinski definition) is 6. The Morgan fingerprint density at radius 2 is 2.29 bits per heavy atom. The van der Waals surface area contributed by atoms with Crippen molar-refractivity contribution in [1.82, 2.24) is 9.97 Å². The number of anilines is 2. The normalized spacial score (nSPS) is 14.8. The Hall–Kier alpha value is -1.40. The van der Waals surface area contributed by atoms with Crippen LogP contribution in [-0.4, -0.2) is 38.9 Å². The Kier molecular flexibility index (Phi) is 3.21. The molecule has 0 fully saturated rings. The first kappa shape index (κ1) is 10.7. The van der Waals surface area contributed by atoms with E-state index >= 15 is 0 Å². The first-order chi connectivity index (χ1) is 6.53. The molecular formula is C8H14N4O2. The molecule has 0 aromatic carbocycles. The van der Waals surface area contributed by atoms with E-state index in [1.54, 1.807) is 0 Å². The summed E-state index contributed by atoms with van der Waals surface area (Å²) >= 11 is 0. The van der Waals surface area contributed by atoms with Gasteiger partial charge in [0.05, 0.1) is 19.0 Å². The molecule has 0 spiro atoms. The molecule has 14 heavy (non-hydrogen) atoms. The third-order valence-electron chi connectivity index (χ3n) is 1.64. The molecule has 0 aliphatic heterocycles. The van der Waals surface area contributed by atoms with Crippen molar-refractivity contribution >= 4 is 11.6 Å². The van der Waals surface area contributed by atoms with Gasteiger partial charge in [0.1, 0.15) is 17.2 Å². The fourth-order valence-corrected chi connectivity index (χ4v) is 0.803. The zero-order valence-corrected chi connectivity index (χ0v) is 7.94. The lowest BCUT2D eigenvalue weighted by atomic mass is 10.1. The third-order valence-corrected chi connectivity index (χ3v) is 1.64. The van der Waals surface area contributed by atoms with Crippen molar-refractivity contribution < 1.29 is 10.2 Å². The van der Waals surface area contributed by atoms with E-state index in [9.17, 15) is 5.11 Å². The molecule has 0 bridgehead atoms. The summed E-state index contributed by atoms with van der Waals surface area (Å²) in [5.41, 5.74) is 4.23. The minimum absolute atomic E-state index is 0.182. The minimum Gasteiger partial charge on any atom is -0.393 e. The minimum atomic E-state index is -1.17. The molecule has 1 heterocycles. The van der Waals surface area contributed by atoms with Crippen LogP contribution in [0.25, 0.3) is 0 Å².